The zero-order valence-electron chi connectivity index (χ0n) is 10.9. The second-order valence-electron chi connectivity index (χ2n) is 4.03. The summed E-state index contributed by atoms with van der Waals surface area (Å²) in [6, 6.07) is 7.81. The molecule has 0 fully saturated rings. The normalized spacial score (nSPS) is 12.3. The average Bonchev–Trinajstić information content (AvgIpc) is 2.77. The maximum Gasteiger partial charge on any atom is 0.161 e. The lowest BCUT2D eigenvalue weighted by molar-refractivity contribution is 0.354. The maximum absolute atomic E-state index is 6.53. The van der Waals surface area contributed by atoms with Crippen LogP contribution < -0.4 is 9.47 Å². The highest BCUT2D eigenvalue weighted by atomic mass is 79.9. The fraction of sp³-hybridized carbons (Fsp3) is 0.286. The molecule has 0 aliphatic carbocycles. The number of aryl methyl sites for hydroxylation is 1. The number of benzene rings is 1. The molecule has 0 spiro atoms. The SMILES string of the molecule is COc1ccc(C(Cl)c2cc(Br)c(C)s2)cc1OC. The first-order valence-electron chi connectivity index (χ1n) is 5.68. The highest BCUT2D eigenvalue weighted by Gasteiger charge is 2.16. The molecule has 2 aromatic rings. The summed E-state index contributed by atoms with van der Waals surface area (Å²) in [5, 5.41) is -0.185. The van der Waals surface area contributed by atoms with Crippen LogP contribution in [0.25, 0.3) is 0 Å². The predicted octanol–water partition coefficient (Wildman–Crippen LogP) is 5.16. The van der Waals surface area contributed by atoms with E-state index in [1.54, 1.807) is 25.6 Å². The summed E-state index contributed by atoms with van der Waals surface area (Å²) in [5.74, 6) is 1.40. The molecule has 1 aromatic heterocycles. The van der Waals surface area contributed by atoms with E-state index in [-0.39, 0.29) is 5.38 Å². The molecule has 0 N–H and O–H groups in total. The summed E-state index contributed by atoms with van der Waals surface area (Å²) in [4.78, 5) is 2.33. The molecule has 0 amide bonds. The summed E-state index contributed by atoms with van der Waals surface area (Å²) in [6.07, 6.45) is 0. The molecule has 0 aliphatic rings. The van der Waals surface area contributed by atoms with Crippen molar-refractivity contribution in [1.82, 2.24) is 0 Å². The lowest BCUT2D eigenvalue weighted by Crippen LogP contribution is -1.95. The largest absolute Gasteiger partial charge is 0.493 e. The van der Waals surface area contributed by atoms with E-state index < -0.39 is 0 Å². The van der Waals surface area contributed by atoms with E-state index in [2.05, 4.69) is 28.9 Å². The number of methoxy groups -OCH3 is 2. The summed E-state index contributed by atoms with van der Waals surface area (Å²) < 4.78 is 11.6. The van der Waals surface area contributed by atoms with Crippen molar-refractivity contribution in [1.29, 1.82) is 0 Å². The molecule has 0 saturated carbocycles. The minimum atomic E-state index is -0.185. The van der Waals surface area contributed by atoms with Crippen LogP contribution in [0.4, 0.5) is 0 Å². The number of alkyl halides is 1. The molecule has 1 atom stereocenters. The van der Waals surface area contributed by atoms with Crippen LogP contribution in [0.1, 0.15) is 20.7 Å². The Hall–Kier alpha value is -0.710. The Morgan fingerprint density at radius 2 is 1.84 bits per heavy atom. The van der Waals surface area contributed by atoms with E-state index in [9.17, 15) is 0 Å². The van der Waals surface area contributed by atoms with Gasteiger partial charge in [0.15, 0.2) is 11.5 Å². The standard InChI is InChI=1S/C14H14BrClO2S/c1-8-10(15)7-13(19-8)14(16)9-4-5-11(17-2)12(6-9)18-3/h4-7,14H,1-3H3. The van der Waals surface area contributed by atoms with Crippen molar-refractivity contribution in [3.63, 3.8) is 0 Å². The topological polar surface area (TPSA) is 18.5 Å². The third-order valence-corrected chi connectivity index (χ3v) is 5.64. The van der Waals surface area contributed by atoms with Gasteiger partial charge in [-0.05, 0) is 46.6 Å². The van der Waals surface area contributed by atoms with Gasteiger partial charge in [0.25, 0.3) is 0 Å². The molecule has 19 heavy (non-hydrogen) atoms. The van der Waals surface area contributed by atoms with Crippen molar-refractivity contribution in [2.24, 2.45) is 0 Å². The van der Waals surface area contributed by atoms with Gasteiger partial charge in [-0.25, -0.2) is 0 Å². The van der Waals surface area contributed by atoms with Gasteiger partial charge in [-0.2, -0.15) is 0 Å². The Balaban J connectivity index is 2.35. The van der Waals surface area contributed by atoms with E-state index in [0.29, 0.717) is 11.5 Å². The van der Waals surface area contributed by atoms with Crippen molar-refractivity contribution in [3.05, 3.63) is 44.1 Å². The van der Waals surface area contributed by atoms with E-state index >= 15 is 0 Å². The van der Waals surface area contributed by atoms with Gasteiger partial charge < -0.3 is 9.47 Å². The molecule has 1 unspecified atom stereocenters. The van der Waals surface area contributed by atoms with Gasteiger partial charge in [0.1, 0.15) is 0 Å². The number of halogens is 2. The Labute approximate surface area is 130 Å². The summed E-state index contributed by atoms with van der Waals surface area (Å²) in [5.41, 5.74) is 0.994. The number of hydrogen-bond donors (Lipinski definition) is 0. The molecule has 0 bridgehead atoms. The molecule has 0 aliphatic heterocycles. The van der Waals surface area contributed by atoms with Gasteiger partial charge in [0.05, 0.1) is 19.6 Å². The molecule has 1 heterocycles. The summed E-state index contributed by atoms with van der Waals surface area (Å²) >= 11 is 11.7. The van der Waals surface area contributed by atoms with E-state index in [1.807, 2.05) is 18.2 Å². The van der Waals surface area contributed by atoms with Crippen molar-refractivity contribution >= 4 is 38.9 Å². The molecule has 0 saturated heterocycles. The molecule has 1 aromatic carbocycles. The van der Waals surface area contributed by atoms with Crippen LogP contribution in [0.3, 0.4) is 0 Å². The van der Waals surface area contributed by atoms with Crippen LogP contribution in [0.15, 0.2) is 28.7 Å². The summed E-state index contributed by atoms with van der Waals surface area (Å²) in [6.45, 7) is 2.07. The van der Waals surface area contributed by atoms with Gasteiger partial charge in [0, 0.05) is 14.2 Å². The predicted molar refractivity (Wildman–Crippen MR) is 84.0 cm³/mol. The van der Waals surface area contributed by atoms with Crippen LogP contribution >= 0.6 is 38.9 Å². The lowest BCUT2D eigenvalue weighted by atomic mass is 10.1. The van der Waals surface area contributed by atoms with Gasteiger partial charge in [-0.3, -0.25) is 0 Å². The maximum atomic E-state index is 6.53. The molecule has 2 nitrogen and oxygen atoms in total. The van der Waals surface area contributed by atoms with Gasteiger partial charge in [-0.1, -0.05) is 6.07 Å². The Morgan fingerprint density at radius 3 is 2.37 bits per heavy atom. The Bertz CT molecular complexity index is 563. The van der Waals surface area contributed by atoms with Crippen LogP contribution in [0.5, 0.6) is 11.5 Å². The number of hydrogen-bond acceptors (Lipinski definition) is 3. The van der Waals surface area contributed by atoms with Crippen molar-refractivity contribution in [3.8, 4) is 11.5 Å². The van der Waals surface area contributed by atoms with Crippen LogP contribution in [0.2, 0.25) is 0 Å². The first-order chi connectivity index (χ1) is 9.06. The number of ether oxygens (including phenoxy) is 2. The van der Waals surface area contributed by atoms with E-state index in [4.69, 9.17) is 21.1 Å². The van der Waals surface area contributed by atoms with Gasteiger partial charge in [-0.15, -0.1) is 22.9 Å². The van der Waals surface area contributed by atoms with Crippen LogP contribution in [0, 0.1) is 6.92 Å². The van der Waals surface area contributed by atoms with Crippen LogP contribution in [-0.2, 0) is 0 Å². The third kappa shape index (κ3) is 3.07. The Morgan fingerprint density at radius 1 is 1.16 bits per heavy atom. The van der Waals surface area contributed by atoms with Gasteiger partial charge in [0.2, 0.25) is 0 Å². The zero-order chi connectivity index (χ0) is 14.0. The average molecular weight is 362 g/mol. The van der Waals surface area contributed by atoms with Crippen LogP contribution in [-0.4, -0.2) is 14.2 Å². The molecular formula is C14H14BrClO2S. The Kier molecular flexibility index (Phi) is 4.76. The minimum absolute atomic E-state index is 0.185. The second-order valence-corrected chi connectivity index (χ2v) is 6.61. The van der Waals surface area contributed by atoms with E-state index in [0.717, 1.165) is 14.9 Å². The quantitative estimate of drug-likeness (QED) is 0.700. The molecule has 2 rings (SSSR count). The first-order valence-corrected chi connectivity index (χ1v) is 7.73. The lowest BCUT2D eigenvalue weighted by Gasteiger charge is -2.12. The fourth-order valence-electron chi connectivity index (χ4n) is 1.78. The minimum Gasteiger partial charge on any atom is -0.493 e. The molecule has 102 valence electrons. The fourth-order valence-corrected chi connectivity index (χ4v) is 3.68. The third-order valence-electron chi connectivity index (χ3n) is 2.83. The molecule has 5 heteroatoms. The van der Waals surface area contributed by atoms with Crippen molar-refractivity contribution in [2.75, 3.05) is 14.2 Å². The summed E-state index contributed by atoms with van der Waals surface area (Å²) in [7, 11) is 3.24. The molecular weight excluding hydrogens is 348 g/mol. The highest BCUT2D eigenvalue weighted by molar-refractivity contribution is 9.10. The highest BCUT2D eigenvalue weighted by Crippen LogP contribution is 2.40. The second kappa shape index (κ2) is 6.16. The monoisotopic (exact) mass is 360 g/mol. The van der Waals surface area contributed by atoms with Crippen molar-refractivity contribution in [2.45, 2.75) is 12.3 Å². The number of rotatable bonds is 4. The number of thiophene rings is 1. The smallest absolute Gasteiger partial charge is 0.161 e. The zero-order valence-corrected chi connectivity index (χ0v) is 14.0. The van der Waals surface area contributed by atoms with Crippen molar-refractivity contribution < 1.29 is 9.47 Å². The van der Waals surface area contributed by atoms with E-state index in [1.165, 1.54) is 4.88 Å². The molecule has 0 radical (unpaired) electrons. The van der Waals surface area contributed by atoms with Gasteiger partial charge >= 0.3 is 0 Å². The first kappa shape index (κ1) is 14.7.